The van der Waals surface area contributed by atoms with Crippen molar-refractivity contribution in [1.82, 2.24) is 9.80 Å². The molecular formula is C17H31N3O4. The second kappa shape index (κ2) is 6.88. The molecule has 0 spiro atoms. The van der Waals surface area contributed by atoms with Gasteiger partial charge in [0.2, 0.25) is 0 Å². The number of hydrogen-bond donors (Lipinski definition) is 1. The molecule has 0 radical (unpaired) electrons. The van der Waals surface area contributed by atoms with Crippen LogP contribution in [0.4, 0.5) is 4.79 Å². The smallest absolute Gasteiger partial charge is 0.410 e. The molecule has 7 nitrogen and oxygen atoms in total. The average molecular weight is 341 g/mol. The van der Waals surface area contributed by atoms with Gasteiger partial charge < -0.3 is 20.1 Å². The number of carbonyl (C=O) groups is 2. The van der Waals surface area contributed by atoms with Crippen LogP contribution in [0.2, 0.25) is 0 Å². The summed E-state index contributed by atoms with van der Waals surface area (Å²) < 4.78 is 10.7. The van der Waals surface area contributed by atoms with Gasteiger partial charge in [-0.15, -0.1) is 0 Å². The minimum absolute atomic E-state index is 0.0667. The number of likely N-dealkylation sites (N-methyl/N-ethyl adjacent to an activating group) is 1. The summed E-state index contributed by atoms with van der Waals surface area (Å²) in [5.74, 6) is -0.212. The Morgan fingerprint density at radius 1 is 1.21 bits per heavy atom. The fraction of sp³-hybridized carbons (Fsp3) is 0.882. The highest BCUT2D eigenvalue weighted by Crippen LogP contribution is 2.44. The first-order valence-corrected chi connectivity index (χ1v) is 8.60. The zero-order chi connectivity index (χ0) is 18.1. The highest BCUT2D eigenvalue weighted by atomic mass is 16.6. The second-order valence-corrected chi connectivity index (χ2v) is 8.14. The molecule has 0 aromatic carbocycles. The Labute approximate surface area is 144 Å². The van der Waals surface area contributed by atoms with Crippen molar-refractivity contribution in [3.63, 3.8) is 0 Å². The fourth-order valence-corrected chi connectivity index (χ4v) is 4.16. The molecule has 7 heteroatoms. The summed E-state index contributed by atoms with van der Waals surface area (Å²) in [7, 11) is 3.46. The minimum atomic E-state index is -0.599. The van der Waals surface area contributed by atoms with Crippen LogP contribution in [0.15, 0.2) is 0 Å². The number of carbonyl (C=O) groups excluding carboxylic acids is 2. The number of hydrogen-bond acceptors (Lipinski definition) is 6. The molecule has 0 saturated carbocycles. The molecule has 24 heavy (non-hydrogen) atoms. The first-order valence-electron chi connectivity index (χ1n) is 8.60. The highest BCUT2D eigenvalue weighted by molar-refractivity contribution is 5.78. The number of piperidine rings is 1. The van der Waals surface area contributed by atoms with Gasteiger partial charge in [0.1, 0.15) is 5.60 Å². The Kier molecular flexibility index (Phi) is 5.44. The van der Waals surface area contributed by atoms with Gasteiger partial charge in [-0.3, -0.25) is 9.69 Å². The van der Waals surface area contributed by atoms with E-state index in [4.69, 9.17) is 15.2 Å². The third-order valence-electron chi connectivity index (χ3n) is 4.93. The summed E-state index contributed by atoms with van der Waals surface area (Å²) in [6.07, 6.45) is 1.42. The van der Waals surface area contributed by atoms with Crippen molar-refractivity contribution in [2.45, 2.75) is 57.7 Å². The maximum absolute atomic E-state index is 12.7. The lowest BCUT2D eigenvalue weighted by Gasteiger charge is -2.54. The van der Waals surface area contributed by atoms with E-state index in [2.05, 4.69) is 4.90 Å². The number of fused-ring (bicyclic) bond motifs is 2. The molecule has 1 amide bonds. The minimum Gasteiger partial charge on any atom is -0.469 e. The van der Waals surface area contributed by atoms with Gasteiger partial charge in [0.25, 0.3) is 0 Å². The fourth-order valence-electron chi connectivity index (χ4n) is 4.16. The molecule has 2 bridgehead atoms. The molecule has 2 N–H and O–H groups in total. The SMILES string of the molecule is COC(=O)C1(CCN)CC2CN(C)CC(C1)N2C(=O)OC(C)(C)C. The molecule has 0 aromatic heterocycles. The predicted molar refractivity (Wildman–Crippen MR) is 90.5 cm³/mol. The molecule has 2 atom stereocenters. The molecule has 2 unspecified atom stereocenters. The summed E-state index contributed by atoms with van der Waals surface area (Å²) in [4.78, 5) is 29.2. The van der Waals surface area contributed by atoms with Gasteiger partial charge in [-0.25, -0.2) is 4.79 Å². The lowest BCUT2D eigenvalue weighted by molar-refractivity contribution is -0.162. The van der Waals surface area contributed by atoms with Crippen LogP contribution < -0.4 is 5.73 Å². The Morgan fingerprint density at radius 3 is 2.17 bits per heavy atom. The van der Waals surface area contributed by atoms with Gasteiger partial charge in [-0.05, 0) is 53.6 Å². The highest BCUT2D eigenvalue weighted by Gasteiger charge is 2.53. The van der Waals surface area contributed by atoms with Crippen LogP contribution >= 0.6 is 0 Å². The van der Waals surface area contributed by atoms with E-state index in [0.717, 1.165) is 13.1 Å². The van der Waals surface area contributed by atoms with E-state index >= 15 is 0 Å². The average Bonchev–Trinajstić information content (AvgIpc) is 2.43. The molecule has 2 heterocycles. The Morgan fingerprint density at radius 2 is 1.75 bits per heavy atom. The van der Waals surface area contributed by atoms with Crippen LogP contribution in [0.3, 0.4) is 0 Å². The summed E-state index contributed by atoms with van der Waals surface area (Å²) in [5.41, 5.74) is 4.63. The molecule has 2 fully saturated rings. The van der Waals surface area contributed by atoms with E-state index in [1.807, 2.05) is 32.7 Å². The van der Waals surface area contributed by atoms with E-state index in [1.54, 1.807) is 0 Å². The van der Waals surface area contributed by atoms with Crippen molar-refractivity contribution in [3.8, 4) is 0 Å². The molecule has 2 aliphatic heterocycles. The molecule has 0 aromatic rings. The lowest BCUT2D eigenvalue weighted by Crippen LogP contribution is -2.66. The number of methoxy groups -OCH3 is 1. The summed E-state index contributed by atoms with van der Waals surface area (Å²) in [6, 6.07) is -0.133. The summed E-state index contributed by atoms with van der Waals surface area (Å²) >= 11 is 0. The maximum atomic E-state index is 12.7. The molecule has 2 saturated heterocycles. The van der Waals surface area contributed by atoms with Crippen LogP contribution in [0, 0.1) is 5.41 Å². The molecule has 0 aliphatic carbocycles. The normalized spacial score (nSPS) is 30.8. The number of nitrogens with two attached hydrogens (primary N) is 1. The monoisotopic (exact) mass is 341 g/mol. The van der Waals surface area contributed by atoms with Crippen molar-refractivity contribution >= 4 is 12.1 Å². The predicted octanol–water partition coefficient (Wildman–Crippen LogP) is 1.21. The number of piperazine rings is 1. The van der Waals surface area contributed by atoms with Gasteiger partial charge in [-0.1, -0.05) is 0 Å². The van der Waals surface area contributed by atoms with Crippen molar-refractivity contribution in [3.05, 3.63) is 0 Å². The van der Waals surface area contributed by atoms with Crippen LogP contribution in [-0.4, -0.2) is 73.3 Å². The van der Waals surface area contributed by atoms with Crippen LogP contribution in [0.1, 0.15) is 40.0 Å². The lowest BCUT2D eigenvalue weighted by atomic mass is 9.68. The van der Waals surface area contributed by atoms with Gasteiger partial charge in [-0.2, -0.15) is 0 Å². The van der Waals surface area contributed by atoms with Crippen LogP contribution in [0.25, 0.3) is 0 Å². The van der Waals surface area contributed by atoms with Crippen LogP contribution in [0.5, 0.6) is 0 Å². The summed E-state index contributed by atoms with van der Waals surface area (Å²) in [5, 5.41) is 0. The van der Waals surface area contributed by atoms with Gasteiger partial charge in [0.15, 0.2) is 0 Å². The van der Waals surface area contributed by atoms with Gasteiger partial charge >= 0.3 is 12.1 Å². The van der Waals surface area contributed by atoms with E-state index in [9.17, 15) is 9.59 Å². The number of esters is 1. The van der Waals surface area contributed by atoms with Crippen molar-refractivity contribution < 1.29 is 19.1 Å². The number of ether oxygens (including phenoxy) is 2. The first-order chi connectivity index (χ1) is 11.1. The van der Waals surface area contributed by atoms with Crippen molar-refractivity contribution in [1.29, 1.82) is 0 Å². The molecule has 138 valence electrons. The van der Waals surface area contributed by atoms with Crippen LogP contribution in [-0.2, 0) is 14.3 Å². The zero-order valence-corrected chi connectivity index (χ0v) is 15.5. The van der Waals surface area contributed by atoms with E-state index in [1.165, 1.54) is 7.11 Å². The Hall–Kier alpha value is -1.34. The van der Waals surface area contributed by atoms with Gasteiger partial charge in [0.05, 0.1) is 12.5 Å². The third kappa shape index (κ3) is 3.83. The van der Waals surface area contributed by atoms with Crippen molar-refractivity contribution in [2.75, 3.05) is 33.8 Å². The molecule has 2 aliphatic rings. The second-order valence-electron chi connectivity index (χ2n) is 8.14. The molecular weight excluding hydrogens is 310 g/mol. The summed E-state index contributed by atoms with van der Waals surface area (Å²) in [6.45, 7) is 7.46. The topological polar surface area (TPSA) is 85.1 Å². The Balaban J connectivity index is 2.27. The van der Waals surface area contributed by atoms with Gasteiger partial charge in [0, 0.05) is 25.2 Å². The number of nitrogens with zero attached hydrogens (tertiary/aromatic N) is 2. The third-order valence-corrected chi connectivity index (χ3v) is 4.93. The van der Waals surface area contributed by atoms with E-state index < -0.39 is 11.0 Å². The number of amides is 1. The molecule has 2 rings (SSSR count). The number of likely N-dealkylation sites (tertiary alicyclic amines) is 1. The number of rotatable bonds is 3. The largest absolute Gasteiger partial charge is 0.469 e. The maximum Gasteiger partial charge on any atom is 0.410 e. The quantitative estimate of drug-likeness (QED) is 0.777. The first kappa shape index (κ1) is 19.0. The van der Waals surface area contributed by atoms with Crippen molar-refractivity contribution in [2.24, 2.45) is 11.1 Å². The standard InChI is InChI=1S/C17H31N3O4/c1-16(2,3)24-15(22)20-12-8-17(6-7-18,14(21)23-5)9-13(20)11-19(4)10-12/h12-13H,6-11,18H2,1-5H3. The van der Waals surface area contributed by atoms with E-state index in [0.29, 0.717) is 25.8 Å². The zero-order valence-electron chi connectivity index (χ0n) is 15.5. The van der Waals surface area contributed by atoms with E-state index in [-0.39, 0.29) is 24.1 Å². The Bertz CT molecular complexity index is 473.